The first-order valence-corrected chi connectivity index (χ1v) is 11.1. The predicted molar refractivity (Wildman–Crippen MR) is 94.8 cm³/mol. The fraction of sp³-hybridized carbons (Fsp3) is 0.600. The maximum Gasteiger partial charge on any atom is 0.240 e. The number of benzene rings is 1. The molecule has 0 saturated carbocycles. The third-order valence-electron chi connectivity index (χ3n) is 4.22. The van der Waals surface area contributed by atoms with Crippen LogP contribution in [-0.4, -0.2) is 41.2 Å². The van der Waals surface area contributed by atoms with E-state index < -0.39 is 31.1 Å². The Morgan fingerprint density at radius 2 is 1.92 bits per heavy atom. The molecule has 0 aliphatic carbocycles. The summed E-state index contributed by atoms with van der Waals surface area (Å²) in [5, 5.41) is 2.44. The van der Waals surface area contributed by atoms with Crippen molar-refractivity contribution in [2.45, 2.75) is 43.4 Å². The van der Waals surface area contributed by atoms with Gasteiger partial charge in [-0.05, 0) is 57.5 Å². The molecule has 10 heteroatoms. The van der Waals surface area contributed by atoms with Gasteiger partial charge in [-0.25, -0.2) is 25.9 Å². The van der Waals surface area contributed by atoms with Crippen LogP contribution in [0.5, 0.6) is 0 Å². The zero-order valence-electron chi connectivity index (χ0n) is 14.4. The van der Waals surface area contributed by atoms with Gasteiger partial charge in [0.05, 0.1) is 15.8 Å². The molecule has 25 heavy (non-hydrogen) atoms. The number of halogens is 1. The number of anilines is 1. The quantitative estimate of drug-likeness (QED) is 0.675. The van der Waals surface area contributed by atoms with E-state index in [4.69, 9.17) is 0 Å². The van der Waals surface area contributed by atoms with Gasteiger partial charge in [-0.15, -0.1) is 0 Å². The fourth-order valence-electron chi connectivity index (χ4n) is 2.47. The standard InChI is InChI=1S/C15H24FN3O4S2/c1-10(2)24(20,21)19-15-5-4-12(8-13(15)16)25(22,23)18-14-6-7-17-9-11(14)3/h4-5,8,10-11,14,17-19H,6-7,9H2,1-3H3. The summed E-state index contributed by atoms with van der Waals surface area (Å²) >= 11 is 0. The molecule has 7 nitrogen and oxygen atoms in total. The molecule has 0 radical (unpaired) electrons. The molecule has 0 bridgehead atoms. The van der Waals surface area contributed by atoms with Crippen molar-refractivity contribution in [1.82, 2.24) is 10.0 Å². The average molecular weight is 394 g/mol. The molecular weight excluding hydrogens is 369 g/mol. The summed E-state index contributed by atoms with van der Waals surface area (Å²) < 4.78 is 67.5. The first-order valence-electron chi connectivity index (χ1n) is 8.07. The molecule has 2 unspecified atom stereocenters. The summed E-state index contributed by atoms with van der Waals surface area (Å²) in [6.07, 6.45) is 0.648. The SMILES string of the molecule is CC1CNCCC1NS(=O)(=O)c1ccc(NS(=O)(=O)C(C)C)c(F)c1. The highest BCUT2D eigenvalue weighted by molar-refractivity contribution is 7.93. The average Bonchev–Trinajstić information content (AvgIpc) is 2.51. The Morgan fingerprint density at radius 3 is 2.48 bits per heavy atom. The van der Waals surface area contributed by atoms with E-state index in [1.165, 1.54) is 19.9 Å². The summed E-state index contributed by atoms with van der Waals surface area (Å²) in [6.45, 7) is 6.27. The smallest absolute Gasteiger partial charge is 0.240 e. The third-order valence-corrected chi connectivity index (χ3v) is 7.45. The van der Waals surface area contributed by atoms with E-state index in [0.29, 0.717) is 19.5 Å². The van der Waals surface area contributed by atoms with Crippen LogP contribution in [0.2, 0.25) is 0 Å². The highest BCUT2D eigenvalue weighted by Crippen LogP contribution is 2.22. The molecule has 2 atom stereocenters. The summed E-state index contributed by atoms with van der Waals surface area (Å²) in [5.74, 6) is -0.823. The van der Waals surface area contributed by atoms with Crippen molar-refractivity contribution in [2.75, 3.05) is 17.8 Å². The minimum absolute atomic E-state index is 0.116. The number of hydrogen-bond donors (Lipinski definition) is 3. The Morgan fingerprint density at radius 1 is 1.24 bits per heavy atom. The lowest BCUT2D eigenvalue weighted by molar-refractivity contribution is 0.328. The summed E-state index contributed by atoms with van der Waals surface area (Å²) in [6, 6.07) is 2.91. The highest BCUT2D eigenvalue weighted by atomic mass is 32.2. The van der Waals surface area contributed by atoms with Crippen LogP contribution in [0.15, 0.2) is 23.1 Å². The van der Waals surface area contributed by atoms with Crippen molar-refractivity contribution in [3.8, 4) is 0 Å². The van der Waals surface area contributed by atoms with E-state index in [-0.39, 0.29) is 22.5 Å². The second-order valence-corrected chi connectivity index (χ2v) is 10.5. The minimum atomic E-state index is -3.89. The maximum atomic E-state index is 14.2. The van der Waals surface area contributed by atoms with Crippen molar-refractivity contribution in [3.63, 3.8) is 0 Å². The minimum Gasteiger partial charge on any atom is -0.316 e. The lowest BCUT2D eigenvalue weighted by Gasteiger charge is -2.30. The molecular formula is C15H24FN3O4S2. The Labute approximate surface area is 148 Å². The summed E-state index contributed by atoms with van der Waals surface area (Å²) in [4.78, 5) is -0.233. The van der Waals surface area contributed by atoms with Crippen LogP contribution in [-0.2, 0) is 20.0 Å². The van der Waals surface area contributed by atoms with Crippen molar-refractivity contribution in [1.29, 1.82) is 0 Å². The van der Waals surface area contributed by atoms with Gasteiger partial charge in [-0.3, -0.25) is 4.72 Å². The Kier molecular flexibility index (Phi) is 6.08. The van der Waals surface area contributed by atoms with E-state index in [1.54, 1.807) is 0 Å². The predicted octanol–water partition coefficient (Wildman–Crippen LogP) is 1.25. The second kappa shape index (κ2) is 7.56. The van der Waals surface area contributed by atoms with E-state index in [9.17, 15) is 21.2 Å². The van der Waals surface area contributed by atoms with E-state index in [1.807, 2.05) is 6.92 Å². The Balaban J connectivity index is 2.21. The molecule has 1 aliphatic heterocycles. The number of nitrogens with one attached hydrogen (secondary N) is 3. The van der Waals surface area contributed by atoms with Gasteiger partial charge in [0.2, 0.25) is 20.0 Å². The molecule has 3 N–H and O–H groups in total. The van der Waals surface area contributed by atoms with Crippen LogP contribution in [0.1, 0.15) is 27.2 Å². The van der Waals surface area contributed by atoms with Crippen molar-refractivity contribution in [2.24, 2.45) is 5.92 Å². The van der Waals surface area contributed by atoms with Gasteiger partial charge < -0.3 is 5.32 Å². The number of rotatable bonds is 6. The molecule has 0 amide bonds. The van der Waals surface area contributed by atoms with Gasteiger partial charge in [-0.1, -0.05) is 6.92 Å². The van der Waals surface area contributed by atoms with Gasteiger partial charge in [0.25, 0.3) is 0 Å². The lowest BCUT2D eigenvalue weighted by atomic mass is 9.97. The van der Waals surface area contributed by atoms with E-state index in [0.717, 1.165) is 12.1 Å². The van der Waals surface area contributed by atoms with Crippen LogP contribution in [0.25, 0.3) is 0 Å². The zero-order chi connectivity index (χ0) is 18.8. The van der Waals surface area contributed by atoms with E-state index >= 15 is 0 Å². The van der Waals surface area contributed by atoms with Crippen molar-refractivity contribution in [3.05, 3.63) is 24.0 Å². The molecule has 142 valence electrons. The number of sulfonamides is 2. The normalized spacial score (nSPS) is 22.1. The summed E-state index contributed by atoms with van der Waals surface area (Å²) in [5.41, 5.74) is -0.275. The van der Waals surface area contributed by atoms with Gasteiger partial charge in [0.1, 0.15) is 5.82 Å². The topological polar surface area (TPSA) is 104 Å². The first-order chi connectivity index (χ1) is 11.5. The third kappa shape index (κ3) is 4.90. The van der Waals surface area contributed by atoms with Crippen LogP contribution < -0.4 is 14.8 Å². The van der Waals surface area contributed by atoms with Gasteiger partial charge in [0.15, 0.2) is 0 Å². The Hall–Kier alpha value is -1.23. The van der Waals surface area contributed by atoms with Gasteiger partial charge in [0, 0.05) is 6.04 Å². The fourth-order valence-corrected chi connectivity index (χ4v) is 4.57. The highest BCUT2D eigenvalue weighted by Gasteiger charge is 2.27. The lowest BCUT2D eigenvalue weighted by Crippen LogP contribution is -2.48. The zero-order valence-corrected chi connectivity index (χ0v) is 16.0. The molecule has 0 aromatic heterocycles. The first kappa shape index (κ1) is 20.1. The van der Waals surface area contributed by atoms with Crippen molar-refractivity contribution < 1.29 is 21.2 Å². The van der Waals surface area contributed by atoms with E-state index in [2.05, 4.69) is 14.8 Å². The Bertz CT molecular complexity index is 825. The molecule has 1 fully saturated rings. The maximum absolute atomic E-state index is 14.2. The largest absolute Gasteiger partial charge is 0.316 e. The molecule has 1 heterocycles. The number of piperidine rings is 1. The second-order valence-electron chi connectivity index (χ2n) is 6.54. The van der Waals surface area contributed by atoms with Crippen LogP contribution in [0, 0.1) is 11.7 Å². The molecule has 1 aliphatic rings. The van der Waals surface area contributed by atoms with Crippen LogP contribution in [0.4, 0.5) is 10.1 Å². The molecule has 1 aromatic rings. The van der Waals surface area contributed by atoms with Gasteiger partial charge in [-0.2, -0.15) is 0 Å². The van der Waals surface area contributed by atoms with Crippen LogP contribution in [0.3, 0.4) is 0 Å². The molecule has 1 aromatic carbocycles. The molecule has 0 spiro atoms. The monoisotopic (exact) mass is 393 g/mol. The summed E-state index contributed by atoms with van der Waals surface area (Å²) in [7, 11) is -7.60. The van der Waals surface area contributed by atoms with Crippen molar-refractivity contribution >= 4 is 25.7 Å². The van der Waals surface area contributed by atoms with Crippen LogP contribution >= 0.6 is 0 Å². The van der Waals surface area contributed by atoms with Gasteiger partial charge >= 0.3 is 0 Å². The molecule has 2 rings (SSSR count). The molecule has 1 saturated heterocycles. The number of hydrogen-bond acceptors (Lipinski definition) is 5.